The molecule has 0 spiro atoms. The maximum atomic E-state index is 12.1. The van der Waals surface area contributed by atoms with Gasteiger partial charge >= 0.3 is 5.97 Å². The lowest BCUT2D eigenvalue weighted by Crippen LogP contribution is -2.50. The minimum absolute atomic E-state index is 0.0297. The Labute approximate surface area is 122 Å². The number of hydrogen-bond donors (Lipinski definition) is 1. The molecule has 2 amide bonds. The van der Waals surface area contributed by atoms with Crippen LogP contribution >= 0.6 is 0 Å². The normalized spacial score (nSPS) is 15.2. The molecule has 0 aliphatic carbocycles. The predicted octanol–water partition coefficient (Wildman–Crippen LogP) is -1.15. The van der Waals surface area contributed by atoms with Crippen LogP contribution in [-0.2, 0) is 19.1 Å². The van der Waals surface area contributed by atoms with Crippen LogP contribution < -0.4 is 5.32 Å². The lowest BCUT2D eigenvalue weighted by atomic mass is 10.2. The van der Waals surface area contributed by atoms with Crippen molar-refractivity contribution >= 4 is 17.8 Å². The van der Waals surface area contributed by atoms with E-state index in [1.165, 1.54) is 25.1 Å². The van der Waals surface area contributed by atoms with Gasteiger partial charge in [0.05, 0.1) is 7.11 Å². The molecule has 1 N–H and O–H groups in total. The molecular weight excluding hydrogens is 276 g/mol. The van der Waals surface area contributed by atoms with E-state index in [4.69, 9.17) is 5.26 Å². The highest BCUT2D eigenvalue weighted by Gasteiger charge is 2.24. The molecule has 1 fully saturated rings. The Morgan fingerprint density at radius 1 is 1.24 bits per heavy atom. The van der Waals surface area contributed by atoms with Crippen LogP contribution in [0.1, 0.15) is 6.92 Å². The number of esters is 1. The first-order valence-electron chi connectivity index (χ1n) is 6.44. The fourth-order valence-electron chi connectivity index (χ4n) is 1.85. The number of piperazine rings is 1. The van der Waals surface area contributed by atoms with Gasteiger partial charge in [0, 0.05) is 39.3 Å². The van der Waals surface area contributed by atoms with Crippen molar-refractivity contribution in [3.05, 3.63) is 11.8 Å². The van der Waals surface area contributed by atoms with E-state index in [-0.39, 0.29) is 18.0 Å². The van der Waals surface area contributed by atoms with Crippen molar-refractivity contribution in [2.24, 2.45) is 0 Å². The highest BCUT2D eigenvalue weighted by molar-refractivity contribution is 5.97. The molecule has 0 atom stereocenters. The van der Waals surface area contributed by atoms with Crippen LogP contribution in [0, 0.1) is 11.3 Å². The summed E-state index contributed by atoms with van der Waals surface area (Å²) in [4.78, 5) is 37.4. The molecule has 0 radical (unpaired) electrons. The number of methoxy groups -OCH3 is 1. The van der Waals surface area contributed by atoms with Crippen LogP contribution in [0.2, 0.25) is 0 Å². The van der Waals surface area contributed by atoms with Crippen molar-refractivity contribution < 1.29 is 19.1 Å². The fraction of sp³-hybridized carbons (Fsp3) is 0.538. The molecule has 0 aromatic carbocycles. The molecule has 0 aromatic heterocycles. The Balaban J connectivity index is 2.56. The third-order valence-corrected chi connectivity index (χ3v) is 3.08. The predicted molar refractivity (Wildman–Crippen MR) is 72.5 cm³/mol. The van der Waals surface area contributed by atoms with E-state index < -0.39 is 11.9 Å². The van der Waals surface area contributed by atoms with E-state index in [0.29, 0.717) is 26.2 Å². The number of rotatable bonds is 4. The molecule has 0 aromatic rings. The van der Waals surface area contributed by atoms with E-state index in [0.717, 1.165) is 0 Å². The Kier molecular flexibility index (Phi) is 6.20. The topological polar surface area (TPSA) is 103 Å². The van der Waals surface area contributed by atoms with Crippen molar-refractivity contribution in [1.82, 2.24) is 15.1 Å². The van der Waals surface area contributed by atoms with E-state index >= 15 is 0 Å². The van der Waals surface area contributed by atoms with Crippen molar-refractivity contribution in [2.45, 2.75) is 6.92 Å². The first-order chi connectivity index (χ1) is 9.99. The lowest BCUT2D eigenvalue weighted by Gasteiger charge is -2.34. The molecule has 8 heteroatoms. The van der Waals surface area contributed by atoms with Crippen molar-refractivity contribution in [1.29, 1.82) is 5.26 Å². The zero-order valence-electron chi connectivity index (χ0n) is 12.1. The number of amides is 2. The molecule has 21 heavy (non-hydrogen) atoms. The highest BCUT2D eigenvalue weighted by atomic mass is 16.5. The summed E-state index contributed by atoms with van der Waals surface area (Å²) < 4.78 is 4.43. The number of ether oxygens (including phenoxy) is 1. The van der Waals surface area contributed by atoms with Gasteiger partial charge in [-0.15, -0.1) is 0 Å². The largest absolute Gasteiger partial charge is 0.468 e. The molecule has 1 saturated heterocycles. The Morgan fingerprint density at radius 2 is 1.81 bits per heavy atom. The standard InChI is InChI=1S/C13H18N4O4/c1-10(18)16-3-5-17(6-4-16)13(20)11(7-14)8-15-9-12(19)21-2/h8,15H,3-6,9H2,1-2H3/b11-8-. The van der Waals surface area contributed by atoms with Gasteiger partial charge in [-0.1, -0.05) is 0 Å². The van der Waals surface area contributed by atoms with Crippen LogP contribution in [0.3, 0.4) is 0 Å². The van der Waals surface area contributed by atoms with Crippen LogP contribution in [0.15, 0.2) is 11.8 Å². The Hall–Kier alpha value is -2.56. The molecule has 0 unspecified atom stereocenters. The number of hydrogen-bond acceptors (Lipinski definition) is 6. The summed E-state index contributed by atoms with van der Waals surface area (Å²) in [6.07, 6.45) is 1.20. The summed E-state index contributed by atoms with van der Waals surface area (Å²) in [5, 5.41) is 11.6. The minimum Gasteiger partial charge on any atom is -0.468 e. The van der Waals surface area contributed by atoms with Gasteiger partial charge < -0.3 is 19.9 Å². The summed E-state index contributed by atoms with van der Waals surface area (Å²) >= 11 is 0. The number of nitrogens with zero attached hydrogens (tertiary/aromatic N) is 3. The molecule has 114 valence electrons. The molecule has 1 aliphatic heterocycles. The summed E-state index contributed by atoms with van der Waals surface area (Å²) in [7, 11) is 1.25. The zero-order valence-corrected chi connectivity index (χ0v) is 12.1. The summed E-state index contributed by atoms with van der Waals surface area (Å²) in [6.45, 7) is 3.04. The van der Waals surface area contributed by atoms with Gasteiger partial charge in [-0.05, 0) is 0 Å². The van der Waals surface area contributed by atoms with Crippen LogP contribution in [0.4, 0.5) is 0 Å². The SMILES string of the molecule is COC(=O)CN/C=C(/C#N)C(=O)N1CCN(C(C)=O)CC1. The molecular formula is C13H18N4O4. The number of nitrogens with one attached hydrogen (secondary N) is 1. The monoisotopic (exact) mass is 294 g/mol. The molecule has 0 saturated carbocycles. The van der Waals surface area contributed by atoms with Gasteiger partial charge in [-0.3, -0.25) is 14.4 Å². The van der Waals surface area contributed by atoms with Crippen molar-refractivity contribution in [2.75, 3.05) is 39.8 Å². The van der Waals surface area contributed by atoms with E-state index in [1.54, 1.807) is 11.0 Å². The van der Waals surface area contributed by atoms with Crippen molar-refractivity contribution in [3.8, 4) is 6.07 Å². The fourth-order valence-corrected chi connectivity index (χ4v) is 1.85. The maximum Gasteiger partial charge on any atom is 0.325 e. The molecule has 0 bridgehead atoms. The third kappa shape index (κ3) is 4.80. The Bertz CT molecular complexity index is 487. The molecule has 8 nitrogen and oxygen atoms in total. The molecule has 1 heterocycles. The third-order valence-electron chi connectivity index (χ3n) is 3.08. The summed E-state index contributed by atoms with van der Waals surface area (Å²) in [5.41, 5.74) is -0.0878. The van der Waals surface area contributed by atoms with E-state index in [2.05, 4.69) is 10.1 Å². The van der Waals surface area contributed by atoms with E-state index in [9.17, 15) is 14.4 Å². The molecule has 1 rings (SSSR count). The lowest BCUT2D eigenvalue weighted by molar-refractivity contribution is -0.139. The van der Waals surface area contributed by atoms with E-state index in [1.807, 2.05) is 0 Å². The quantitative estimate of drug-likeness (QED) is 0.399. The smallest absolute Gasteiger partial charge is 0.325 e. The average molecular weight is 294 g/mol. The first kappa shape index (κ1) is 16.5. The highest BCUT2D eigenvalue weighted by Crippen LogP contribution is 2.06. The van der Waals surface area contributed by atoms with Crippen molar-refractivity contribution in [3.63, 3.8) is 0 Å². The molecule has 1 aliphatic rings. The second-order valence-electron chi connectivity index (χ2n) is 4.43. The zero-order chi connectivity index (χ0) is 15.8. The average Bonchev–Trinajstić information content (AvgIpc) is 2.50. The van der Waals surface area contributed by atoms with Gasteiger partial charge in [0.25, 0.3) is 5.91 Å². The van der Waals surface area contributed by atoms with Gasteiger partial charge in [0.15, 0.2) is 0 Å². The van der Waals surface area contributed by atoms with Gasteiger partial charge in [0.2, 0.25) is 5.91 Å². The van der Waals surface area contributed by atoms with Crippen LogP contribution in [0.5, 0.6) is 0 Å². The van der Waals surface area contributed by atoms with Crippen LogP contribution in [0.25, 0.3) is 0 Å². The van der Waals surface area contributed by atoms with Gasteiger partial charge in [-0.25, -0.2) is 0 Å². The first-order valence-corrected chi connectivity index (χ1v) is 6.44. The van der Waals surface area contributed by atoms with Gasteiger partial charge in [0.1, 0.15) is 18.2 Å². The summed E-state index contributed by atoms with van der Waals surface area (Å²) in [6, 6.07) is 1.80. The Morgan fingerprint density at radius 3 is 2.29 bits per heavy atom. The number of carbonyl (C=O) groups is 3. The maximum absolute atomic E-state index is 12.1. The number of nitriles is 1. The second kappa shape index (κ2) is 7.89. The minimum atomic E-state index is -0.494. The summed E-state index contributed by atoms with van der Waals surface area (Å²) in [5.74, 6) is -0.943. The van der Waals surface area contributed by atoms with Gasteiger partial charge in [-0.2, -0.15) is 5.26 Å². The second-order valence-corrected chi connectivity index (χ2v) is 4.43. The van der Waals surface area contributed by atoms with Crippen LogP contribution in [-0.4, -0.2) is 67.4 Å². The number of carbonyl (C=O) groups excluding carboxylic acids is 3.